The van der Waals surface area contributed by atoms with Crippen LogP contribution in [0.25, 0.3) is 6.08 Å². The Labute approximate surface area is 149 Å². The summed E-state index contributed by atoms with van der Waals surface area (Å²) < 4.78 is 11.3. The molecule has 2 aliphatic rings. The van der Waals surface area contributed by atoms with E-state index in [-0.39, 0.29) is 12.7 Å². The number of nitrogens with zero attached hydrogens (tertiary/aromatic N) is 1. The number of fused-ring (bicyclic) bond motifs is 1. The van der Waals surface area contributed by atoms with Gasteiger partial charge in [-0.05, 0) is 29.3 Å². The molecule has 0 bridgehead atoms. The van der Waals surface area contributed by atoms with Crippen LogP contribution >= 0.6 is 24.0 Å². The van der Waals surface area contributed by atoms with Crippen molar-refractivity contribution in [3.63, 3.8) is 0 Å². The van der Waals surface area contributed by atoms with Gasteiger partial charge in [-0.3, -0.25) is 9.69 Å². The van der Waals surface area contributed by atoms with Gasteiger partial charge in [0, 0.05) is 0 Å². The Balaban J connectivity index is 1.56. The van der Waals surface area contributed by atoms with Crippen molar-refractivity contribution < 1.29 is 14.3 Å². The molecule has 0 spiro atoms. The van der Waals surface area contributed by atoms with E-state index in [2.05, 4.69) is 0 Å². The van der Waals surface area contributed by atoms with Crippen molar-refractivity contribution in [3.05, 3.63) is 64.6 Å². The van der Waals surface area contributed by atoms with Crippen molar-refractivity contribution >= 4 is 40.3 Å². The fourth-order valence-corrected chi connectivity index (χ4v) is 3.81. The molecule has 4 rings (SSSR count). The Hall–Kier alpha value is -2.31. The minimum absolute atomic E-state index is 0.0634. The molecule has 4 nitrogen and oxygen atoms in total. The minimum Gasteiger partial charge on any atom is -0.454 e. The smallest absolute Gasteiger partial charge is 0.266 e. The molecule has 1 saturated heterocycles. The van der Waals surface area contributed by atoms with Gasteiger partial charge in [0.1, 0.15) is 4.32 Å². The van der Waals surface area contributed by atoms with Gasteiger partial charge >= 0.3 is 0 Å². The summed E-state index contributed by atoms with van der Waals surface area (Å²) in [5.41, 5.74) is 1.94. The van der Waals surface area contributed by atoms with Gasteiger partial charge in [-0.15, -0.1) is 0 Å². The maximum atomic E-state index is 12.7. The number of thiocarbonyl (C=S) groups is 1. The highest BCUT2D eigenvalue weighted by Gasteiger charge is 2.32. The molecule has 6 heteroatoms. The monoisotopic (exact) mass is 355 g/mol. The van der Waals surface area contributed by atoms with E-state index >= 15 is 0 Å². The summed E-state index contributed by atoms with van der Waals surface area (Å²) in [5.74, 6) is 1.36. The summed E-state index contributed by atoms with van der Waals surface area (Å²) in [6, 6.07) is 15.4. The quantitative estimate of drug-likeness (QED) is 0.618. The van der Waals surface area contributed by atoms with Crippen LogP contribution in [0.3, 0.4) is 0 Å². The highest BCUT2D eigenvalue weighted by atomic mass is 32.2. The molecule has 0 aromatic heterocycles. The lowest BCUT2D eigenvalue weighted by molar-refractivity contribution is -0.122. The molecule has 2 aliphatic heterocycles. The van der Waals surface area contributed by atoms with Crippen molar-refractivity contribution in [2.45, 2.75) is 6.54 Å². The maximum absolute atomic E-state index is 12.7. The Bertz CT molecular complexity index is 849. The van der Waals surface area contributed by atoms with Crippen LogP contribution in [0.1, 0.15) is 11.1 Å². The van der Waals surface area contributed by atoms with Crippen LogP contribution in [0.15, 0.2) is 53.4 Å². The normalized spacial score (nSPS) is 17.8. The number of rotatable bonds is 3. The van der Waals surface area contributed by atoms with Crippen LogP contribution in [-0.2, 0) is 11.3 Å². The van der Waals surface area contributed by atoms with Crippen LogP contribution in [0.5, 0.6) is 11.5 Å². The van der Waals surface area contributed by atoms with Gasteiger partial charge in [-0.2, -0.15) is 0 Å². The molecule has 1 amide bonds. The lowest BCUT2D eigenvalue weighted by atomic mass is 10.2. The topological polar surface area (TPSA) is 38.8 Å². The van der Waals surface area contributed by atoms with Gasteiger partial charge in [0.15, 0.2) is 11.5 Å². The molecule has 2 heterocycles. The van der Waals surface area contributed by atoms with Gasteiger partial charge in [-0.25, -0.2) is 0 Å². The molecule has 0 N–H and O–H groups in total. The van der Waals surface area contributed by atoms with Gasteiger partial charge < -0.3 is 9.47 Å². The molecule has 2 aromatic rings. The number of ether oxygens (including phenoxy) is 2. The second-order valence-corrected chi connectivity index (χ2v) is 7.04. The molecule has 0 radical (unpaired) electrons. The third-order valence-electron chi connectivity index (χ3n) is 3.75. The average molecular weight is 355 g/mol. The summed E-state index contributed by atoms with van der Waals surface area (Å²) in [6.45, 7) is 0.724. The highest BCUT2D eigenvalue weighted by Crippen LogP contribution is 2.36. The Morgan fingerprint density at radius 3 is 2.75 bits per heavy atom. The number of hydrogen-bond acceptors (Lipinski definition) is 5. The Morgan fingerprint density at radius 2 is 1.92 bits per heavy atom. The first-order valence-corrected chi connectivity index (χ1v) is 8.62. The SMILES string of the molecule is O=C1/C(=C\c2ccc3c(c2)OCO3)SC(=S)N1Cc1ccccc1. The fraction of sp³-hybridized carbons (Fsp3) is 0.111. The van der Waals surface area contributed by atoms with Gasteiger partial charge in [0.25, 0.3) is 5.91 Å². The zero-order valence-corrected chi connectivity index (χ0v) is 14.2. The first kappa shape index (κ1) is 15.2. The van der Waals surface area contributed by atoms with E-state index < -0.39 is 0 Å². The van der Waals surface area contributed by atoms with Crippen LogP contribution in [0.4, 0.5) is 0 Å². The lowest BCUT2D eigenvalue weighted by Crippen LogP contribution is -2.27. The first-order chi connectivity index (χ1) is 11.7. The molecule has 1 fully saturated rings. The van der Waals surface area contributed by atoms with E-state index in [4.69, 9.17) is 21.7 Å². The number of benzene rings is 2. The Morgan fingerprint density at radius 1 is 1.12 bits per heavy atom. The standard InChI is InChI=1S/C18H13NO3S2/c20-17-16(9-13-6-7-14-15(8-13)22-11-21-14)24-18(23)19(17)10-12-4-2-1-3-5-12/h1-9H,10-11H2/b16-9+. The van der Waals surface area contributed by atoms with Crippen molar-refractivity contribution in [1.82, 2.24) is 4.90 Å². The average Bonchev–Trinajstić information content (AvgIpc) is 3.16. The van der Waals surface area contributed by atoms with Crippen molar-refractivity contribution in [3.8, 4) is 11.5 Å². The van der Waals surface area contributed by atoms with Crippen LogP contribution in [-0.4, -0.2) is 21.9 Å². The Kier molecular flexibility index (Phi) is 4.00. The van der Waals surface area contributed by atoms with Crippen LogP contribution in [0.2, 0.25) is 0 Å². The molecular formula is C18H13NO3S2. The molecule has 24 heavy (non-hydrogen) atoms. The van der Waals surface area contributed by atoms with Gasteiger partial charge in [0.2, 0.25) is 6.79 Å². The molecule has 0 atom stereocenters. The molecule has 0 unspecified atom stereocenters. The predicted molar refractivity (Wildman–Crippen MR) is 97.7 cm³/mol. The summed E-state index contributed by atoms with van der Waals surface area (Å²) in [7, 11) is 0. The van der Waals surface area contributed by atoms with E-state index in [0.29, 0.717) is 21.5 Å². The number of thioether (sulfide) groups is 1. The van der Waals surface area contributed by atoms with Crippen molar-refractivity contribution in [2.75, 3.05) is 6.79 Å². The predicted octanol–water partition coefficient (Wildman–Crippen LogP) is 3.82. The van der Waals surface area contributed by atoms with Crippen molar-refractivity contribution in [2.24, 2.45) is 0 Å². The zero-order chi connectivity index (χ0) is 16.5. The van der Waals surface area contributed by atoms with Crippen LogP contribution in [0, 0.1) is 0 Å². The maximum Gasteiger partial charge on any atom is 0.266 e. The number of amides is 1. The highest BCUT2D eigenvalue weighted by molar-refractivity contribution is 8.26. The molecule has 120 valence electrons. The number of hydrogen-bond donors (Lipinski definition) is 0. The van der Waals surface area contributed by atoms with E-state index in [1.54, 1.807) is 4.90 Å². The van der Waals surface area contributed by atoms with E-state index in [1.807, 2.05) is 54.6 Å². The van der Waals surface area contributed by atoms with Crippen LogP contribution < -0.4 is 9.47 Å². The van der Waals surface area contributed by atoms with Crippen molar-refractivity contribution in [1.29, 1.82) is 0 Å². The molecule has 0 saturated carbocycles. The third kappa shape index (κ3) is 2.90. The fourth-order valence-electron chi connectivity index (χ4n) is 2.56. The number of carbonyl (C=O) groups is 1. The molecule has 0 aliphatic carbocycles. The van der Waals surface area contributed by atoms with E-state index in [9.17, 15) is 4.79 Å². The third-order valence-corrected chi connectivity index (χ3v) is 5.13. The van der Waals surface area contributed by atoms with E-state index in [1.165, 1.54) is 11.8 Å². The molecular weight excluding hydrogens is 342 g/mol. The first-order valence-electron chi connectivity index (χ1n) is 7.40. The summed E-state index contributed by atoms with van der Waals surface area (Å²) in [4.78, 5) is 14.9. The molecule has 2 aromatic carbocycles. The number of carbonyl (C=O) groups excluding carboxylic acids is 1. The summed E-state index contributed by atoms with van der Waals surface area (Å²) >= 11 is 6.70. The second kappa shape index (κ2) is 6.30. The second-order valence-electron chi connectivity index (χ2n) is 5.37. The zero-order valence-electron chi connectivity index (χ0n) is 12.6. The minimum atomic E-state index is -0.0634. The largest absolute Gasteiger partial charge is 0.454 e. The van der Waals surface area contributed by atoms with E-state index in [0.717, 1.165) is 16.9 Å². The van der Waals surface area contributed by atoms with Gasteiger partial charge in [-0.1, -0.05) is 60.4 Å². The summed E-state index contributed by atoms with van der Waals surface area (Å²) in [6.07, 6.45) is 1.84. The summed E-state index contributed by atoms with van der Waals surface area (Å²) in [5, 5.41) is 0. The lowest BCUT2D eigenvalue weighted by Gasteiger charge is -2.14. The van der Waals surface area contributed by atoms with Gasteiger partial charge in [0.05, 0.1) is 11.4 Å².